The predicted molar refractivity (Wildman–Crippen MR) is 148 cm³/mol. The Hall–Kier alpha value is -3.36. The number of benzene rings is 3. The van der Waals surface area contributed by atoms with Crippen LogP contribution in [0.1, 0.15) is 17.1 Å². The van der Waals surface area contributed by atoms with Crippen molar-refractivity contribution in [2.45, 2.75) is 29.1 Å². The van der Waals surface area contributed by atoms with E-state index in [1.807, 2.05) is 0 Å². The summed E-state index contributed by atoms with van der Waals surface area (Å²) in [6.45, 7) is -0.898. The number of sulfone groups is 1. The van der Waals surface area contributed by atoms with Crippen LogP contribution in [0.2, 0.25) is 10.0 Å². The van der Waals surface area contributed by atoms with E-state index < -0.39 is 55.0 Å². The van der Waals surface area contributed by atoms with Crippen LogP contribution in [0.4, 0.5) is 13.2 Å². The molecule has 0 unspecified atom stereocenters. The summed E-state index contributed by atoms with van der Waals surface area (Å²) in [7, 11) is -8.54. The molecule has 4 rings (SSSR count). The Balaban J connectivity index is 1.67. The Morgan fingerprint density at radius 1 is 0.833 bits per heavy atom. The van der Waals surface area contributed by atoms with Crippen molar-refractivity contribution in [2.24, 2.45) is 0 Å². The van der Waals surface area contributed by atoms with Gasteiger partial charge in [-0.15, -0.1) is 0 Å². The summed E-state index contributed by atoms with van der Waals surface area (Å²) in [5.74, 6) is -4.13. The first-order chi connectivity index (χ1) is 19.6. The molecule has 0 aliphatic heterocycles. The summed E-state index contributed by atoms with van der Waals surface area (Å²) < 4.78 is 97.0. The first-order valence-corrected chi connectivity index (χ1v) is 15.7. The van der Waals surface area contributed by atoms with Crippen molar-refractivity contribution in [3.05, 3.63) is 106 Å². The van der Waals surface area contributed by atoms with Crippen LogP contribution in [0.25, 0.3) is 11.1 Å². The molecule has 0 bridgehead atoms. The molecule has 0 spiro atoms. The van der Waals surface area contributed by atoms with E-state index in [1.165, 1.54) is 36.4 Å². The second-order valence-corrected chi connectivity index (χ2v) is 13.6. The molecule has 4 aromatic rings. The fraction of sp³-hybridized carbons (Fsp3) is 0.148. The fourth-order valence-corrected chi connectivity index (χ4v) is 7.56. The average molecular weight is 662 g/mol. The molecule has 42 heavy (non-hydrogen) atoms. The van der Waals surface area contributed by atoms with Gasteiger partial charge in [-0.3, -0.25) is 4.79 Å². The van der Waals surface area contributed by atoms with E-state index in [4.69, 9.17) is 32.7 Å². The molecule has 0 aliphatic rings. The number of hydrogen-bond acceptors (Lipinski definition) is 6. The van der Waals surface area contributed by atoms with Crippen LogP contribution in [0.15, 0.2) is 93.1 Å². The molecule has 0 fully saturated rings. The van der Waals surface area contributed by atoms with Gasteiger partial charge in [0.05, 0.1) is 21.5 Å². The number of aliphatic carboxylic acids is 1. The first kappa shape index (κ1) is 31.6. The molecular weight excluding hydrogens is 642 g/mol. The van der Waals surface area contributed by atoms with E-state index in [1.54, 1.807) is 30.3 Å². The van der Waals surface area contributed by atoms with Crippen molar-refractivity contribution in [3.8, 4) is 11.1 Å². The molecule has 0 amide bonds. The van der Waals surface area contributed by atoms with Crippen molar-refractivity contribution in [1.82, 2.24) is 4.31 Å². The second kappa shape index (κ2) is 12.1. The molecule has 3 aromatic carbocycles. The van der Waals surface area contributed by atoms with Gasteiger partial charge in [-0.05, 0) is 53.1 Å². The van der Waals surface area contributed by atoms with Crippen LogP contribution in [-0.4, -0.2) is 38.0 Å². The number of carboxylic acid groups (broad SMARTS) is 1. The van der Waals surface area contributed by atoms with E-state index in [0.717, 1.165) is 10.4 Å². The largest absolute Gasteiger partial charge is 0.480 e. The van der Waals surface area contributed by atoms with Gasteiger partial charge in [-0.1, -0.05) is 65.7 Å². The van der Waals surface area contributed by atoms with Crippen molar-refractivity contribution >= 4 is 49.0 Å². The highest BCUT2D eigenvalue weighted by Gasteiger charge is 2.36. The van der Waals surface area contributed by atoms with Crippen LogP contribution in [0, 0.1) is 0 Å². The van der Waals surface area contributed by atoms with E-state index in [9.17, 15) is 34.8 Å². The predicted octanol–water partition coefficient (Wildman–Crippen LogP) is 6.52. The van der Waals surface area contributed by atoms with Gasteiger partial charge in [0.2, 0.25) is 15.8 Å². The topological polar surface area (TPSA) is 122 Å². The van der Waals surface area contributed by atoms with Gasteiger partial charge in [-0.2, -0.15) is 17.5 Å². The number of rotatable bonds is 10. The summed E-state index contributed by atoms with van der Waals surface area (Å²) in [4.78, 5) is 10.3. The Morgan fingerprint density at radius 2 is 1.45 bits per heavy atom. The van der Waals surface area contributed by atoms with Gasteiger partial charge >= 0.3 is 12.1 Å². The second-order valence-electron chi connectivity index (χ2n) is 8.97. The molecule has 222 valence electrons. The zero-order valence-electron chi connectivity index (χ0n) is 21.2. The van der Waals surface area contributed by atoms with Crippen molar-refractivity contribution in [1.29, 1.82) is 0 Å². The molecule has 1 heterocycles. The molecule has 0 saturated heterocycles. The number of sulfonamides is 1. The van der Waals surface area contributed by atoms with Gasteiger partial charge in [0.1, 0.15) is 10.7 Å². The molecule has 1 N–H and O–H groups in total. The summed E-state index contributed by atoms with van der Waals surface area (Å²) >= 11 is 12.3. The summed E-state index contributed by atoms with van der Waals surface area (Å²) in [6.07, 6.45) is -4.77. The Bertz CT molecular complexity index is 1820. The molecule has 0 aliphatic carbocycles. The van der Waals surface area contributed by atoms with Crippen LogP contribution in [-0.2, 0) is 43.9 Å². The van der Waals surface area contributed by atoms with Crippen LogP contribution < -0.4 is 0 Å². The zero-order valence-corrected chi connectivity index (χ0v) is 24.3. The third-order valence-electron chi connectivity index (χ3n) is 5.94. The molecule has 8 nitrogen and oxygen atoms in total. The molecular formula is C27H20Cl2F3NO7S2. The van der Waals surface area contributed by atoms with Crippen LogP contribution in [0.3, 0.4) is 0 Å². The maximum absolute atomic E-state index is 13.7. The maximum atomic E-state index is 13.7. The monoisotopic (exact) mass is 661 g/mol. The van der Waals surface area contributed by atoms with E-state index >= 15 is 0 Å². The normalized spacial score (nSPS) is 12.5. The highest BCUT2D eigenvalue weighted by Crippen LogP contribution is 2.35. The number of furan rings is 1. The van der Waals surface area contributed by atoms with Crippen LogP contribution in [0.5, 0.6) is 0 Å². The fourth-order valence-electron chi connectivity index (χ4n) is 3.99. The number of alkyl halides is 3. The number of carboxylic acids is 1. The summed E-state index contributed by atoms with van der Waals surface area (Å²) in [5.41, 5.74) is 1.41. The number of carbonyl (C=O) groups is 1. The number of nitrogens with zero attached hydrogens (tertiary/aromatic N) is 1. The van der Waals surface area contributed by atoms with E-state index in [-0.39, 0.29) is 27.2 Å². The highest BCUT2D eigenvalue weighted by molar-refractivity contribution is 7.92. The lowest BCUT2D eigenvalue weighted by Gasteiger charge is -2.23. The number of hydrogen-bond donors (Lipinski definition) is 1. The van der Waals surface area contributed by atoms with E-state index in [2.05, 4.69) is 0 Å². The first-order valence-electron chi connectivity index (χ1n) is 11.8. The number of halogens is 5. The standard InChI is InChI=1S/C27H20Cl2F3NO7S2/c28-22-5-2-6-23(29)26(22)42(38,39)33(15-20-11-12-24(40-20)27(30,31)32)14-17-7-9-18(10-8-17)19-3-1-4-21(13-19)41(36,37)16-25(34)35/h1-13H,14-16H2,(H,34,35). The molecule has 1 aromatic heterocycles. The van der Waals surface area contributed by atoms with Crippen LogP contribution >= 0.6 is 23.2 Å². The van der Waals surface area contributed by atoms with Gasteiger partial charge in [-0.25, -0.2) is 16.8 Å². The van der Waals surface area contributed by atoms with Gasteiger partial charge in [0, 0.05) is 6.54 Å². The van der Waals surface area contributed by atoms with Crippen molar-refractivity contribution < 1.29 is 44.3 Å². The Labute approximate surface area is 248 Å². The van der Waals surface area contributed by atoms with Crippen molar-refractivity contribution in [2.75, 3.05) is 5.75 Å². The average Bonchev–Trinajstić information content (AvgIpc) is 3.37. The molecule has 0 saturated carbocycles. The third-order valence-corrected chi connectivity index (χ3v) is 10.3. The smallest absolute Gasteiger partial charge is 0.449 e. The lowest BCUT2D eigenvalue weighted by molar-refractivity contribution is -0.153. The quantitative estimate of drug-likeness (QED) is 0.205. The van der Waals surface area contributed by atoms with Crippen molar-refractivity contribution in [3.63, 3.8) is 0 Å². The third kappa shape index (κ3) is 7.16. The molecule has 15 heteroatoms. The maximum Gasteiger partial charge on any atom is 0.449 e. The summed E-state index contributed by atoms with van der Waals surface area (Å²) in [6, 6.07) is 17.7. The minimum Gasteiger partial charge on any atom is -0.480 e. The molecule has 0 radical (unpaired) electrons. The van der Waals surface area contributed by atoms with Gasteiger partial charge in [0.25, 0.3) is 0 Å². The SMILES string of the molecule is O=C(O)CS(=O)(=O)c1cccc(-c2ccc(CN(Cc3ccc(C(F)(F)F)o3)S(=O)(=O)c3c(Cl)cccc3Cl)cc2)c1. The van der Waals surface area contributed by atoms with Gasteiger partial charge in [0.15, 0.2) is 15.6 Å². The lowest BCUT2D eigenvalue weighted by Crippen LogP contribution is -2.30. The Kier molecular flexibility index (Phi) is 9.09. The van der Waals surface area contributed by atoms with Gasteiger partial charge < -0.3 is 9.52 Å². The minimum absolute atomic E-state index is 0.183. The zero-order chi connectivity index (χ0) is 30.9. The van der Waals surface area contributed by atoms with E-state index in [0.29, 0.717) is 22.8 Å². The lowest BCUT2D eigenvalue weighted by atomic mass is 10.0. The minimum atomic E-state index is -4.77. The Morgan fingerprint density at radius 3 is 2.02 bits per heavy atom. The highest BCUT2D eigenvalue weighted by atomic mass is 35.5. The molecule has 0 atom stereocenters. The summed E-state index contributed by atoms with van der Waals surface area (Å²) in [5, 5.41) is 8.52.